The van der Waals surface area contributed by atoms with Gasteiger partial charge in [0.15, 0.2) is 0 Å². The van der Waals surface area contributed by atoms with Crippen LogP contribution in [0.25, 0.3) is 5.73 Å². The number of hydrogen-bond acceptors (Lipinski definition) is 3. The minimum absolute atomic E-state index is 0. The molecule has 1 rings (SSSR count). The summed E-state index contributed by atoms with van der Waals surface area (Å²) in [5.74, 6) is 0.0827. The van der Waals surface area contributed by atoms with E-state index in [-0.39, 0.29) is 17.6 Å². The van der Waals surface area contributed by atoms with Gasteiger partial charge in [-0.3, -0.25) is 4.79 Å². The normalized spacial score (nSPS) is 42.6. The second kappa shape index (κ2) is 4.00. The molecule has 4 atom stereocenters. The summed E-state index contributed by atoms with van der Waals surface area (Å²) in [6, 6.07) is 0. The fourth-order valence-electron chi connectivity index (χ4n) is 2.34. The van der Waals surface area contributed by atoms with Crippen LogP contribution in [0, 0.1) is 5.92 Å². The predicted octanol–water partition coefficient (Wildman–Crippen LogP) is 3.16. The van der Waals surface area contributed by atoms with E-state index in [0.717, 1.165) is 6.42 Å². The van der Waals surface area contributed by atoms with Gasteiger partial charge >= 0.3 is 0 Å². The first kappa shape index (κ1) is 14.2. The van der Waals surface area contributed by atoms with Crippen LogP contribution >= 0.6 is 0 Å². The summed E-state index contributed by atoms with van der Waals surface area (Å²) in [6.07, 6.45) is -0.296. The van der Waals surface area contributed by atoms with Crippen LogP contribution in [0.3, 0.4) is 0 Å². The van der Waals surface area contributed by atoms with Gasteiger partial charge in [-0.05, 0) is 27.2 Å². The van der Waals surface area contributed by atoms with Gasteiger partial charge in [0.2, 0.25) is 6.09 Å². The molecule has 90 valence electrons. The van der Waals surface area contributed by atoms with Crippen molar-refractivity contribution in [3.05, 3.63) is 5.73 Å². The van der Waals surface area contributed by atoms with Gasteiger partial charge < -0.3 is 15.2 Å². The molecule has 1 aliphatic rings. The van der Waals surface area contributed by atoms with Crippen LogP contribution in [-0.2, 0) is 9.47 Å². The Kier molecular flexibility index (Phi) is 3.56. The number of hydrogen-bond donors (Lipinski definition) is 0. The van der Waals surface area contributed by atoms with Gasteiger partial charge in [0.25, 0.3) is 0 Å². The minimum Gasteiger partial charge on any atom is -0.632 e. The van der Waals surface area contributed by atoms with Gasteiger partial charge in [0, 0.05) is 5.92 Å². The molecule has 1 heterocycles. The molecule has 4 unspecified atom stereocenters. The van der Waals surface area contributed by atoms with Crippen LogP contribution in [0.4, 0.5) is 4.79 Å². The zero-order chi connectivity index (χ0) is 11.9. The summed E-state index contributed by atoms with van der Waals surface area (Å²) in [7, 11) is 0. The monoisotopic (exact) mass is 481 g/mol. The first-order chi connectivity index (χ1) is 6.76. The number of amides is 1. The quantitative estimate of drug-likeness (QED) is 0.609. The number of rotatable bonds is 2. The molecule has 0 aromatic carbocycles. The zero-order valence-electron chi connectivity index (χ0n) is 10.8. The van der Waals surface area contributed by atoms with Crippen molar-refractivity contribution >= 4 is 6.09 Å². The van der Waals surface area contributed by atoms with E-state index in [1.807, 2.05) is 27.7 Å². The van der Waals surface area contributed by atoms with Gasteiger partial charge in [0.05, 0.1) is 11.7 Å². The van der Waals surface area contributed by atoms with Gasteiger partial charge in [-0.2, -0.15) is 0 Å². The van der Waals surface area contributed by atoms with E-state index in [1.165, 1.54) is 0 Å². The van der Waals surface area contributed by atoms with E-state index in [4.69, 9.17) is 15.2 Å². The van der Waals surface area contributed by atoms with Crippen LogP contribution < -0.4 is 0 Å². The van der Waals surface area contributed by atoms with Crippen LogP contribution in [0.1, 0.15) is 41.0 Å². The second-order valence-electron chi connectivity index (χ2n) is 4.72. The number of carbonyl (C=O) groups is 1. The Morgan fingerprint density at radius 2 is 1.94 bits per heavy atom. The molecule has 0 aromatic heterocycles. The van der Waals surface area contributed by atoms with Crippen molar-refractivity contribution in [2.75, 3.05) is 0 Å². The first-order valence-electron chi connectivity index (χ1n) is 5.38. The van der Waals surface area contributed by atoms with E-state index in [9.17, 15) is 4.79 Å². The number of carbonyl (C=O) groups excluding carboxylic acids is 1. The Hall–Kier alpha value is -1.77. The molecule has 4 nitrogen and oxygen atoms in total. The molecule has 0 spiro atoms. The third-order valence-corrected chi connectivity index (χ3v) is 4.04. The smallest absolute Gasteiger partial charge is 0.227 e. The van der Waals surface area contributed by atoms with Gasteiger partial charge in [-0.1, -0.05) is 13.8 Å². The maximum Gasteiger partial charge on any atom is 0.227 e. The molecule has 0 saturated carbocycles. The van der Waals surface area contributed by atoms with Crippen molar-refractivity contribution in [1.82, 2.24) is 0 Å². The number of ether oxygens (including phenoxy) is 2. The molecule has 5 heteroatoms. The SMILES string of the molecule is CCC1(C)OC(C)C(C)(OC([NH-])=O)C1C.[Rf]. The molecule has 1 amide bonds. The van der Waals surface area contributed by atoms with E-state index in [1.54, 1.807) is 0 Å². The Labute approximate surface area is 91.1 Å². The molecule has 0 aliphatic carbocycles. The van der Waals surface area contributed by atoms with E-state index in [0.29, 0.717) is 0 Å². The van der Waals surface area contributed by atoms with E-state index < -0.39 is 11.7 Å². The largest absolute Gasteiger partial charge is 0.632 e. The standard InChI is InChI=1S/C11H21NO3.Rf/c1-6-10(4)7(2)11(5,8(3)14-10)15-9(12)13;/h7-8H,6H2,1-5H3,(H2,12,13);/p-1. The van der Waals surface area contributed by atoms with Gasteiger partial charge in [-0.15, -0.1) is 0 Å². The van der Waals surface area contributed by atoms with Crippen LogP contribution in [-0.4, -0.2) is 23.4 Å². The zero-order valence-corrected chi connectivity index (χ0v) is 17.2. The van der Waals surface area contributed by atoms with E-state index in [2.05, 4.69) is 6.92 Å². The average Bonchev–Trinajstić information content (AvgIpc) is 2.28. The molecule has 16 heavy (non-hydrogen) atoms. The van der Waals surface area contributed by atoms with Crippen LogP contribution in [0.2, 0.25) is 0 Å². The second-order valence-corrected chi connectivity index (χ2v) is 4.72. The van der Waals surface area contributed by atoms with Gasteiger partial charge in [-0.25, -0.2) is 0 Å². The molecule has 0 radical (unpaired) electrons. The molecule has 1 aliphatic heterocycles. The van der Waals surface area contributed by atoms with Crippen molar-refractivity contribution in [2.24, 2.45) is 5.92 Å². The van der Waals surface area contributed by atoms with Crippen LogP contribution in [0.5, 0.6) is 0 Å². The molecule has 0 aromatic rings. The number of nitrogens with one attached hydrogen (secondary N) is 1. The van der Waals surface area contributed by atoms with Crippen LogP contribution in [0.15, 0.2) is 0 Å². The molecular formula is C11H20NO3Rf-. The Morgan fingerprint density at radius 3 is 2.25 bits per heavy atom. The predicted molar refractivity (Wildman–Crippen MR) is 57.6 cm³/mol. The van der Waals surface area contributed by atoms with Crippen molar-refractivity contribution in [3.8, 4) is 0 Å². The Morgan fingerprint density at radius 1 is 1.44 bits per heavy atom. The summed E-state index contributed by atoms with van der Waals surface area (Å²) in [5, 5.41) is 0. The molecular weight excluding hydrogens is 461 g/mol. The Balaban J connectivity index is 0.00000225. The molecule has 0 bridgehead atoms. The summed E-state index contributed by atoms with van der Waals surface area (Å²) in [5.41, 5.74) is 5.95. The molecule has 1 N–H and O–H groups in total. The summed E-state index contributed by atoms with van der Waals surface area (Å²) in [4.78, 5) is 10.8. The molecule has 1 saturated heterocycles. The first-order valence-corrected chi connectivity index (χ1v) is 5.38. The molecule has 1 fully saturated rings. The fraction of sp³-hybridized carbons (Fsp3) is 0.909. The van der Waals surface area contributed by atoms with Crippen molar-refractivity contribution in [3.63, 3.8) is 0 Å². The van der Waals surface area contributed by atoms with Crippen molar-refractivity contribution < 1.29 is 14.3 Å². The fourth-order valence-corrected chi connectivity index (χ4v) is 2.34. The maximum absolute atomic E-state index is 10.8. The summed E-state index contributed by atoms with van der Waals surface area (Å²) >= 11 is 0. The summed E-state index contributed by atoms with van der Waals surface area (Å²) < 4.78 is 11.0. The van der Waals surface area contributed by atoms with Gasteiger partial charge in [0.1, 0.15) is 5.60 Å². The topological polar surface area (TPSA) is 59.3 Å². The Bertz CT molecular complexity index is 274. The van der Waals surface area contributed by atoms with Crippen molar-refractivity contribution in [2.45, 2.75) is 58.3 Å². The van der Waals surface area contributed by atoms with E-state index >= 15 is 0 Å². The minimum atomic E-state index is -0.986. The third kappa shape index (κ3) is 1.81. The maximum atomic E-state index is 10.8. The summed E-state index contributed by atoms with van der Waals surface area (Å²) in [6.45, 7) is 9.82. The average molecular weight is 481 g/mol. The third-order valence-electron chi connectivity index (χ3n) is 4.04. The van der Waals surface area contributed by atoms with Crippen molar-refractivity contribution in [1.29, 1.82) is 0 Å².